The van der Waals surface area contributed by atoms with Gasteiger partial charge in [-0.1, -0.05) is 18.2 Å². The Hall–Kier alpha value is -4.35. The summed E-state index contributed by atoms with van der Waals surface area (Å²) in [5.74, 6) is -1.67. The number of nitrogens with zero attached hydrogens (tertiary/aromatic N) is 6. The van der Waals surface area contributed by atoms with E-state index in [2.05, 4.69) is 20.1 Å². The molecule has 0 atom stereocenters. The molecule has 3 aromatic heterocycles. The second-order valence-corrected chi connectivity index (χ2v) is 7.03. The molecule has 0 saturated heterocycles. The van der Waals surface area contributed by atoms with Gasteiger partial charge in [0.2, 0.25) is 5.75 Å². The smallest absolute Gasteiger partial charge is 0.402 e. The van der Waals surface area contributed by atoms with Gasteiger partial charge in [0, 0.05) is 19.7 Å². The number of ether oxygens (including phenoxy) is 1. The van der Waals surface area contributed by atoms with Gasteiger partial charge in [0.1, 0.15) is 17.3 Å². The normalized spacial score (nSPS) is 11.0. The molecule has 0 fully saturated rings. The van der Waals surface area contributed by atoms with Crippen LogP contribution in [0, 0.1) is 11.6 Å². The quantitative estimate of drug-likeness (QED) is 0.493. The molecule has 0 saturated carbocycles. The van der Waals surface area contributed by atoms with E-state index in [1.807, 2.05) is 0 Å². The molecule has 164 valence electrons. The van der Waals surface area contributed by atoms with Gasteiger partial charge in [0.25, 0.3) is 0 Å². The minimum Gasteiger partial charge on any atom is -0.402 e. The molecule has 4 aromatic rings. The van der Waals surface area contributed by atoms with E-state index >= 15 is 0 Å². The summed E-state index contributed by atoms with van der Waals surface area (Å²) < 4.78 is 34.6. The van der Waals surface area contributed by atoms with Crippen LogP contribution in [0.2, 0.25) is 0 Å². The summed E-state index contributed by atoms with van der Waals surface area (Å²) in [6, 6.07) is 7.40. The number of hydrogen-bond acceptors (Lipinski definition) is 8. The van der Waals surface area contributed by atoms with Gasteiger partial charge in [-0.2, -0.15) is 5.10 Å². The fraction of sp³-hybridized carbons (Fsp3) is 0.150. The van der Waals surface area contributed by atoms with Gasteiger partial charge in [-0.3, -0.25) is 0 Å². The van der Waals surface area contributed by atoms with Gasteiger partial charge in [-0.25, -0.2) is 33.2 Å². The van der Waals surface area contributed by atoms with Crippen molar-refractivity contribution >= 4 is 28.8 Å². The Morgan fingerprint density at radius 2 is 1.84 bits per heavy atom. The molecule has 3 heterocycles. The molecular formula is C20H18F2N8O2. The zero-order valence-electron chi connectivity index (χ0n) is 17.1. The average molecular weight is 440 g/mol. The van der Waals surface area contributed by atoms with Crippen molar-refractivity contribution in [2.24, 2.45) is 0 Å². The van der Waals surface area contributed by atoms with Crippen molar-refractivity contribution in [3.8, 4) is 17.3 Å². The van der Waals surface area contributed by atoms with Gasteiger partial charge in [-0.15, -0.1) is 0 Å². The van der Waals surface area contributed by atoms with Crippen LogP contribution in [0.3, 0.4) is 0 Å². The molecular weight excluding hydrogens is 422 g/mol. The van der Waals surface area contributed by atoms with E-state index in [0.29, 0.717) is 5.56 Å². The Balaban J connectivity index is 1.82. The molecule has 0 aliphatic carbocycles. The maximum atomic E-state index is 14.2. The highest BCUT2D eigenvalue weighted by Crippen LogP contribution is 2.32. The molecule has 0 aliphatic rings. The van der Waals surface area contributed by atoms with E-state index in [4.69, 9.17) is 16.2 Å². The third kappa shape index (κ3) is 3.85. The Morgan fingerprint density at radius 1 is 1.16 bits per heavy atom. The number of nitrogens with two attached hydrogens (primary N) is 2. The lowest BCUT2D eigenvalue weighted by Crippen LogP contribution is -2.26. The van der Waals surface area contributed by atoms with Crippen LogP contribution in [0.1, 0.15) is 5.56 Å². The molecule has 0 unspecified atom stereocenters. The molecule has 0 spiro atoms. The maximum Gasteiger partial charge on any atom is 0.414 e. The van der Waals surface area contributed by atoms with E-state index in [0.717, 1.165) is 6.20 Å². The van der Waals surface area contributed by atoms with Crippen LogP contribution in [-0.2, 0) is 6.54 Å². The lowest BCUT2D eigenvalue weighted by atomic mass is 10.2. The number of anilines is 2. The van der Waals surface area contributed by atoms with E-state index in [-0.39, 0.29) is 46.5 Å². The van der Waals surface area contributed by atoms with Crippen LogP contribution in [0.25, 0.3) is 22.6 Å². The maximum absolute atomic E-state index is 14.2. The first-order chi connectivity index (χ1) is 15.2. The highest BCUT2D eigenvalue weighted by molar-refractivity contribution is 5.90. The fourth-order valence-corrected chi connectivity index (χ4v) is 2.97. The highest BCUT2D eigenvalue weighted by Gasteiger charge is 2.22. The van der Waals surface area contributed by atoms with E-state index in [1.165, 1.54) is 35.8 Å². The first-order valence-electron chi connectivity index (χ1n) is 9.32. The van der Waals surface area contributed by atoms with Crippen LogP contribution in [0.15, 0.2) is 36.5 Å². The number of benzene rings is 1. The standard InChI is InChI=1S/C20H18F2N8O2/c1-29(2)20(31)32-15-16(23)26-18(27-17(15)24)14-12-7-11(21)8-25-19(12)30(28-14)9-10-5-3-4-6-13(10)22/h3-8H,9H2,1-2H3,(H4,23,24,26,27). The zero-order chi connectivity index (χ0) is 23.0. The lowest BCUT2D eigenvalue weighted by Gasteiger charge is -2.13. The predicted octanol–water partition coefficient (Wildman–Crippen LogP) is 2.44. The molecule has 1 aromatic carbocycles. The number of carbonyl (C=O) groups excluding carboxylic acids is 1. The van der Waals surface area contributed by atoms with Gasteiger partial charge in [0.15, 0.2) is 23.1 Å². The van der Waals surface area contributed by atoms with Crippen molar-refractivity contribution in [1.29, 1.82) is 0 Å². The second kappa shape index (κ2) is 8.06. The van der Waals surface area contributed by atoms with Crippen molar-refractivity contribution in [1.82, 2.24) is 29.6 Å². The van der Waals surface area contributed by atoms with Crippen molar-refractivity contribution in [2.75, 3.05) is 25.6 Å². The van der Waals surface area contributed by atoms with Gasteiger partial charge in [-0.05, 0) is 12.1 Å². The summed E-state index contributed by atoms with van der Waals surface area (Å²) in [4.78, 5) is 25.3. The number of rotatable bonds is 4. The van der Waals surface area contributed by atoms with E-state index in [9.17, 15) is 13.6 Å². The number of fused-ring (bicyclic) bond motifs is 1. The van der Waals surface area contributed by atoms with Crippen LogP contribution in [-0.4, -0.2) is 49.8 Å². The summed E-state index contributed by atoms with van der Waals surface area (Å²) >= 11 is 0. The van der Waals surface area contributed by atoms with Crippen LogP contribution < -0.4 is 16.2 Å². The number of pyridine rings is 1. The number of hydrogen-bond donors (Lipinski definition) is 2. The first kappa shape index (κ1) is 20.9. The van der Waals surface area contributed by atoms with Gasteiger partial charge < -0.3 is 21.1 Å². The van der Waals surface area contributed by atoms with Crippen LogP contribution in [0.5, 0.6) is 5.75 Å². The molecule has 12 heteroatoms. The first-order valence-corrected chi connectivity index (χ1v) is 9.32. The molecule has 32 heavy (non-hydrogen) atoms. The van der Waals surface area contributed by atoms with Crippen molar-refractivity contribution in [3.63, 3.8) is 0 Å². The molecule has 0 bridgehead atoms. The number of aromatic nitrogens is 5. The van der Waals surface area contributed by atoms with Crippen molar-refractivity contribution in [3.05, 3.63) is 53.7 Å². The van der Waals surface area contributed by atoms with Crippen LogP contribution in [0.4, 0.5) is 25.2 Å². The molecule has 0 aliphatic heterocycles. The summed E-state index contributed by atoms with van der Waals surface area (Å²) in [6.45, 7) is 0.0330. The summed E-state index contributed by atoms with van der Waals surface area (Å²) in [5, 5.41) is 4.68. The average Bonchev–Trinajstić information content (AvgIpc) is 3.09. The monoisotopic (exact) mass is 440 g/mol. The second-order valence-electron chi connectivity index (χ2n) is 7.03. The highest BCUT2D eigenvalue weighted by atomic mass is 19.1. The molecule has 0 radical (unpaired) electrons. The number of halogens is 2. The Morgan fingerprint density at radius 3 is 2.50 bits per heavy atom. The third-order valence-corrected chi connectivity index (χ3v) is 4.52. The Kier molecular flexibility index (Phi) is 5.26. The number of carbonyl (C=O) groups is 1. The molecule has 10 nitrogen and oxygen atoms in total. The summed E-state index contributed by atoms with van der Waals surface area (Å²) in [6.07, 6.45) is 0.310. The van der Waals surface area contributed by atoms with E-state index in [1.54, 1.807) is 18.2 Å². The lowest BCUT2D eigenvalue weighted by molar-refractivity contribution is 0.172. The minimum atomic E-state index is -0.717. The zero-order valence-corrected chi connectivity index (χ0v) is 17.1. The number of nitrogen functional groups attached to an aromatic ring is 2. The Bertz CT molecular complexity index is 1320. The summed E-state index contributed by atoms with van der Waals surface area (Å²) in [5.41, 5.74) is 12.6. The Labute approximate surface area is 180 Å². The molecule has 4 N–H and O–H groups in total. The van der Waals surface area contributed by atoms with Crippen molar-refractivity contribution in [2.45, 2.75) is 6.54 Å². The van der Waals surface area contributed by atoms with Crippen molar-refractivity contribution < 1.29 is 18.3 Å². The SMILES string of the molecule is CN(C)C(=O)Oc1c(N)nc(-c2nn(Cc3ccccc3F)c3ncc(F)cc23)nc1N. The third-order valence-electron chi connectivity index (χ3n) is 4.52. The fourth-order valence-electron chi connectivity index (χ4n) is 2.97. The van der Waals surface area contributed by atoms with Gasteiger partial charge in [0.05, 0.1) is 18.1 Å². The van der Waals surface area contributed by atoms with Crippen LogP contribution >= 0.6 is 0 Å². The summed E-state index contributed by atoms with van der Waals surface area (Å²) in [7, 11) is 2.97. The molecule has 1 amide bonds. The van der Waals surface area contributed by atoms with E-state index < -0.39 is 17.7 Å². The predicted molar refractivity (Wildman–Crippen MR) is 113 cm³/mol. The molecule has 4 rings (SSSR count). The largest absolute Gasteiger partial charge is 0.414 e. The minimum absolute atomic E-state index is 0.0330. The number of amides is 1. The van der Waals surface area contributed by atoms with Gasteiger partial charge >= 0.3 is 6.09 Å². The topological polar surface area (TPSA) is 138 Å².